The van der Waals surface area contributed by atoms with E-state index < -0.39 is 24.9 Å². The summed E-state index contributed by atoms with van der Waals surface area (Å²) in [4.78, 5) is 10.6. The molecule has 0 heterocycles. The lowest BCUT2D eigenvalue weighted by Gasteiger charge is -2.09. The number of halogens is 1. The predicted molar refractivity (Wildman–Crippen MR) is 64.4 cm³/mol. The molecule has 5 N–H and O–H groups in total. The first-order valence-corrected chi connectivity index (χ1v) is 5.52. The number of rotatable bonds is 6. The van der Waals surface area contributed by atoms with E-state index in [4.69, 9.17) is 20.9 Å². The van der Waals surface area contributed by atoms with Gasteiger partial charge in [-0.25, -0.2) is 4.39 Å². The molecule has 0 saturated carbocycles. The molecule has 0 aliphatic carbocycles. The summed E-state index contributed by atoms with van der Waals surface area (Å²) in [7, 11) is -1.42. The van der Waals surface area contributed by atoms with E-state index in [1.165, 1.54) is 12.1 Å². The molecule has 7 heteroatoms. The lowest BCUT2D eigenvalue weighted by molar-refractivity contribution is -0.138. The molecule has 1 unspecified atom stereocenters. The number of carboxylic acids is 1. The van der Waals surface area contributed by atoms with Crippen LogP contribution in [0.2, 0.25) is 6.32 Å². The number of benzene rings is 1. The second kappa shape index (κ2) is 6.48. The maximum Gasteiger partial charge on any atom is 0.451 e. The summed E-state index contributed by atoms with van der Waals surface area (Å²) >= 11 is 0. The van der Waals surface area contributed by atoms with Crippen molar-refractivity contribution in [2.24, 2.45) is 5.73 Å². The molecular formula is C11H15BFNO4. The summed E-state index contributed by atoms with van der Waals surface area (Å²) in [6.07, 6.45) is 0.372. The average Bonchev–Trinajstić information content (AvgIpc) is 2.29. The van der Waals surface area contributed by atoms with Crippen LogP contribution in [-0.4, -0.2) is 34.3 Å². The van der Waals surface area contributed by atoms with Crippen molar-refractivity contribution in [2.45, 2.75) is 25.2 Å². The van der Waals surface area contributed by atoms with Crippen molar-refractivity contribution in [1.82, 2.24) is 0 Å². The van der Waals surface area contributed by atoms with Gasteiger partial charge in [0.1, 0.15) is 11.9 Å². The lowest BCUT2D eigenvalue weighted by Crippen LogP contribution is -2.32. The Balaban J connectivity index is 2.70. The van der Waals surface area contributed by atoms with Crippen molar-refractivity contribution >= 4 is 13.1 Å². The van der Waals surface area contributed by atoms with Crippen LogP contribution in [0.1, 0.15) is 11.1 Å². The summed E-state index contributed by atoms with van der Waals surface area (Å²) in [5.41, 5.74) is 6.17. The average molecular weight is 255 g/mol. The summed E-state index contributed by atoms with van der Waals surface area (Å²) in [5, 5.41) is 26.0. The molecule has 98 valence electrons. The van der Waals surface area contributed by atoms with Gasteiger partial charge in [0.2, 0.25) is 0 Å². The zero-order valence-corrected chi connectivity index (χ0v) is 9.71. The number of hydrogen-bond donors (Lipinski definition) is 4. The van der Waals surface area contributed by atoms with Crippen molar-refractivity contribution in [3.8, 4) is 0 Å². The first-order chi connectivity index (χ1) is 8.40. The highest BCUT2D eigenvalue weighted by Gasteiger charge is 2.15. The van der Waals surface area contributed by atoms with E-state index in [1.54, 1.807) is 6.07 Å². The Morgan fingerprint density at radius 3 is 2.61 bits per heavy atom. The summed E-state index contributed by atoms with van der Waals surface area (Å²) in [5.74, 6) is -1.71. The highest BCUT2D eigenvalue weighted by molar-refractivity contribution is 6.40. The van der Waals surface area contributed by atoms with E-state index in [2.05, 4.69) is 0 Å². The fourth-order valence-electron chi connectivity index (χ4n) is 1.53. The molecule has 0 amide bonds. The second-order valence-electron chi connectivity index (χ2n) is 4.09. The van der Waals surface area contributed by atoms with Crippen LogP contribution >= 0.6 is 0 Å². The van der Waals surface area contributed by atoms with Gasteiger partial charge in [0.25, 0.3) is 0 Å². The van der Waals surface area contributed by atoms with Gasteiger partial charge in [-0.3, -0.25) is 4.79 Å². The van der Waals surface area contributed by atoms with Gasteiger partial charge in [0.05, 0.1) is 0 Å². The van der Waals surface area contributed by atoms with E-state index in [0.29, 0.717) is 12.0 Å². The Labute approximate surface area is 104 Å². The molecule has 0 radical (unpaired) electrons. The third-order valence-electron chi connectivity index (χ3n) is 2.57. The van der Waals surface area contributed by atoms with Gasteiger partial charge >= 0.3 is 13.1 Å². The van der Waals surface area contributed by atoms with Crippen molar-refractivity contribution < 1.29 is 24.3 Å². The lowest BCUT2D eigenvalue weighted by atomic mass is 9.82. The normalized spacial score (nSPS) is 12.2. The molecule has 0 saturated heterocycles. The summed E-state index contributed by atoms with van der Waals surface area (Å²) in [6.45, 7) is 0. The predicted octanol–water partition coefficient (Wildman–Crippen LogP) is -0.205. The highest BCUT2D eigenvalue weighted by Crippen LogP contribution is 2.14. The molecular weight excluding hydrogens is 240 g/mol. The largest absolute Gasteiger partial charge is 0.480 e. The Bertz CT molecular complexity index is 428. The standard InChI is InChI=1S/C11H15BFNO4/c13-9-5-7(3-4-12(17)18)1-2-8(9)6-10(14)11(15)16/h1-2,5,10,17-18H,3-4,6,14H2,(H,15,16). The zero-order valence-electron chi connectivity index (χ0n) is 9.71. The topological polar surface area (TPSA) is 104 Å². The van der Waals surface area contributed by atoms with Gasteiger partial charge in [-0.05, 0) is 29.9 Å². The van der Waals surface area contributed by atoms with Crippen LogP contribution in [0.25, 0.3) is 0 Å². The molecule has 0 aliphatic rings. The molecule has 5 nitrogen and oxygen atoms in total. The Morgan fingerprint density at radius 1 is 1.44 bits per heavy atom. The number of nitrogens with two attached hydrogens (primary N) is 1. The quantitative estimate of drug-likeness (QED) is 0.527. The van der Waals surface area contributed by atoms with Crippen LogP contribution in [0, 0.1) is 5.82 Å². The number of aryl methyl sites for hydroxylation is 1. The van der Waals surface area contributed by atoms with Crippen molar-refractivity contribution in [1.29, 1.82) is 0 Å². The monoisotopic (exact) mass is 255 g/mol. The van der Waals surface area contributed by atoms with Crippen molar-refractivity contribution in [3.05, 3.63) is 35.1 Å². The molecule has 1 atom stereocenters. The number of hydrogen-bond acceptors (Lipinski definition) is 4. The first-order valence-electron chi connectivity index (χ1n) is 5.52. The number of carbonyl (C=O) groups is 1. The molecule has 1 rings (SSSR count). The minimum absolute atomic E-state index is 0.0793. The smallest absolute Gasteiger partial charge is 0.451 e. The third-order valence-corrected chi connectivity index (χ3v) is 2.57. The van der Waals surface area contributed by atoms with Gasteiger partial charge in [0, 0.05) is 6.42 Å². The summed E-state index contributed by atoms with van der Waals surface area (Å²) < 4.78 is 13.6. The number of aliphatic carboxylic acids is 1. The van der Waals surface area contributed by atoms with Crippen LogP contribution in [0.15, 0.2) is 18.2 Å². The fraction of sp³-hybridized carbons (Fsp3) is 0.364. The Morgan fingerprint density at radius 2 is 2.11 bits per heavy atom. The molecule has 1 aromatic carbocycles. The highest BCUT2D eigenvalue weighted by atomic mass is 19.1. The molecule has 0 fully saturated rings. The minimum Gasteiger partial charge on any atom is -0.480 e. The van der Waals surface area contributed by atoms with Crippen LogP contribution in [0.5, 0.6) is 0 Å². The summed E-state index contributed by atoms with van der Waals surface area (Å²) in [6, 6.07) is 3.21. The molecule has 0 aromatic heterocycles. The molecule has 0 spiro atoms. The van der Waals surface area contributed by atoms with E-state index in [9.17, 15) is 9.18 Å². The van der Waals surface area contributed by atoms with Gasteiger partial charge in [-0.2, -0.15) is 0 Å². The third kappa shape index (κ3) is 4.44. The maximum absolute atomic E-state index is 13.6. The van der Waals surface area contributed by atoms with Crippen LogP contribution in [-0.2, 0) is 17.6 Å². The number of carboxylic acid groups (broad SMARTS) is 1. The van der Waals surface area contributed by atoms with Gasteiger partial charge in [-0.1, -0.05) is 12.1 Å². The van der Waals surface area contributed by atoms with Crippen molar-refractivity contribution in [2.75, 3.05) is 0 Å². The molecule has 1 aromatic rings. The van der Waals surface area contributed by atoms with E-state index in [0.717, 1.165) is 0 Å². The van der Waals surface area contributed by atoms with Gasteiger partial charge in [0.15, 0.2) is 0 Å². The molecule has 18 heavy (non-hydrogen) atoms. The first kappa shape index (κ1) is 14.6. The maximum atomic E-state index is 13.6. The Hall–Kier alpha value is -1.44. The molecule has 0 aliphatic heterocycles. The van der Waals surface area contributed by atoms with Crippen LogP contribution in [0.3, 0.4) is 0 Å². The Kier molecular flexibility index (Phi) is 5.27. The second-order valence-corrected chi connectivity index (χ2v) is 4.09. The van der Waals surface area contributed by atoms with Crippen LogP contribution < -0.4 is 5.73 Å². The minimum atomic E-state index is -1.42. The molecule has 0 bridgehead atoms. The van der Waals surface area contributed by atoms with Crippen LogP contribution in [0.4, 0.5) is 4.39 Å². The van der Waals surface area contributed by atoms with E-state index >= 15 is 0 Å². The van der Waals surface area contributed by atoms with E-state index in [-0.39, 0.29) is 18.3 Å². The van der Waals surface area contributed by atoms with Gasteiger partial charge in [-0.15, -0.1) is 0 Å². The van der Waals surface area contributed by atoms with Gasteiger partial charge < -0.3 is 20.9 Å². The SMILES string of the molecule is NC(Cc1ccc(CCB(O)O)cc1F)C(=O)O. The zero-order chi connectivity index (χ0) is 13.7. The van der Waals surface area contributed by atoms with E-state index in [1.807, 2.05) is 0 Å². The van der Waals surface area contributed by atoms with Crippen molar-refractivity contribution in [3.63, 3.8) is 0 Å². The fourth-order valence-corrected chi connectivity index (χ4v) is 1.53.